The third-order valence-electron chi connectivity index (χ3n) is 2.94. The van der Waals surface area contributed by atoms with Gasteiger partial charge in [0.25, 0.3) is 0 Å². The molecule has 0 saturated carbocycles. The molecule has 0 fully saturated rings. The fourth-order valence-corrected chi connectivity index (χ4v) is 2.14. The summed E-state index contributed by atoms with van der Waals surface area (Å²) in [6.07, 6.45) is 0.809. The van der Waals surface area contributed by atoms with Crippen molar-refractivity contribution in [2.75, 3.05) is 0 Å². The third kappa shape index (κ3) is 1.61. The topological polar surface area (TPSA) is 22.0 Å². The number of rotatable bonds is 2. The number of halogens is 1. The minimum Gasteiger partial charge on any atom is -0.307 e. The van der Waals surface area contributed by atoms with Gasteiger partial charge in [-0.2, -0.15) is 0 Å². The van der Waals surface area contributed by atoms with Gasteiger partial charge in [0, 0.05) is 11.1 Å². The number of fused-ring (bicyclic) bond motifs is 1. The van der Waals surface area contributed by atoms with E-state index in [-0.39, 0.29) is 5.82 Å². The van der Waals surface area contributed by atoms with E-state index in [1.807, 2.05) is 34.9 Å². The lowest BCUT2D eigenvalue weighted by atomic mass is 10.2. The summed E-state index contributed by atoms with van der Waals surface area (Å²) in [4.78, 5) is 11.1. The van der Waals surface area contributed by atoms with Crippen LogP contribution in [0.15, 0.2) is 54.6 Å². The van der Waals surface area contributed by atoms with Crippen LogP contribution in [0.3, 0.4) is 0 Å². The molecular weight excluding hydrogens is 229 g/mol. The van der Waals surface area contributed by atoms with Crippen LogP contribution in [0.4, 0.5) is 4.39 Å². The highest BCUT2D eigenvalue weighted by Crippen LogP contribution is 2.23. The zero-order valence-corrected chi connectivity index (χ0v) is 9.51. The number of aromatic nitrogens is 1. The van der Waals surface area contributed by atoms with Crippen molar-refractivity contribution in [3.05, 3.63) is 66.1 Å². The summed E-state index contributed by atoms with van der Waals surface area (Å²) in [5.41, 5.74) is 2.27. The maximum absolute atomic E-state index is 12.9. The Hall–Kier alpha value is -2.42. The second kappa shape index (κ2) is 4.11. The molecule has 18 heavy (non-hydrogen) atoms. The fraction of sp³-hybridized carbons (Fsp3) is 0. The number of hydrogen-bond acceptors (Lipinski definition) is 1. The lowest BCUT2D eigenvalue weighted by molar-refractivity contribution is 0.111. The van der Waals surface area contributed by atoms with E-state index in [1.165, 1.54) is 12.1 Å². The number of nitrogens with zero attached hydrogens (tertiary/aromatic N) is 1. The first-order chi connectivity index (χ1) is 8.79. The number of aldehydes is 1. The van der Waals surface area contributed by atoms with Gasteiger partial charge in [0.2, 0.25) is 0 Å². The summed E-state index contributed by atoms with van der Waals surface area (Å²) >= 11 is 0. The van der Waals surface area contributed by atoms with Gasteiger partial charge in [0.05, 0.1) is 11.2 Å². The Balaban J connectivity index is 2.32. The second-order valence-corrected chi connectivity index (χ2v) is 4.06. The second-order valence-electron chi connectivity index (χ2n) is 4.06. The smallest absolute Gasteiger partial charge is 0.166 e. The van der Waals surface area contributed by atoms with E-state index in [1.54, 1.807) is 12.1 Å². The minimum atomic E-state index is -0.289. The molecule has 0 bridgehead atoms. The van der Waals surface area contributed by atoms with Crippen molar-refractivity contribution in [1.82, 2.24) is 4.57 Å². The number of benzene rings is 2. The molecule has 2 aromatic carbocycles. The van der Waals surface area contributed by atoms with Crippen molar-refractivity contribution in [1.29, 1.82) is 0 Å². The molecule has 1 heterocycles. The van der Waals surface area contributed by atoms with Crippen LogP contribution in [0.25, 0.3) is 16.6 Å². The van der Waals surface area contributed by atoms with Crippen molar-refractivity contribution in [2.45, 2.75) is 0 Å². The largest absolute Gasteiger partial charge is 0.307 e. The molecule has 0 aliphatic carbocycles. The molecule has 0 unspecified atom stereocenters. The van der Waals surface area contributed by atoms with Gasteiger partial charge in [0.15, 0.2) is 6.29 Å². The summed E-state index contributed by atoms with van der Waals surface area (Å²) in [6.45, 7) is 0. The van der Waals surface area contributed by atoms with Crippen molar-refractivity contribution < 1.29 is 9.18 Å². The highest BCUT2D eigenvalue weighted by molar-refractivity contribution is 5.90. The van der Waals surface area contributed by atoms with Crippen molar-refractivity contribution in [3.63, 3.8) is 0 Å². The summed E-state index contributed by atoms with van der Waals surface area (Å²) in [5, 5.41) is 0.990. The van der Waals surface area contributed by atoms with E-state index in [9.17, 15) is 9.18 Å². The molecule has 0 atom stereocenters. The molecule has 0 saturated heterocycles. The maximum Gasteiger partial charge on any atom is 0.166 e. The fourth-order valence-electron chi connectivity index (χ4n) is 2.14. The van der Waals surface area contributed by atoms with Crippen molar-refractivity contribution in [2.24, 2.45) is 0 Å². The minimum absolute atomic E-state index is 0.289. The quantitative estimate of drug-likeness (QED) is 0.626. The first-order valence-corrected chi connectivity index (χ1v) is 5.61. The van der Waals surface area contributed by atoms with Gasteiger partial charge < -0.3 is 4.57 Å². The molecule has 0 aliphatic heterocycles. The van der Waals surface area contributed by atoms with Gasteiger partial charge in [-0.25, -0.2) is 4.39 Å². The Morgan fingerprint density at radius 2 is 1.72 bits per heavy atom. The van der Waals surface area contributed by atoms with Gasteiger partial charge in [-0.05, 0) is 36.4 Å². The highest BCUT2D eigenvalue weighted by Gasteiger charge is 2.09. The van der Waals surface area contributed by atoms with E-state index < -0.39 is 0 Å². The molecular formula is C15H10FNO. The molecule has 0 radical (unpaired) electrons. The molecule has 2 nitrogen and oxygen atoms in total. The Bertz CT molecular complexity index is 713. The average molecular weight is 239 g/mol. The van der Waals surface area contributed by atoms with Gasteiger partial charge >= 0.3 is 0 Å². The average Bonchev–Trinajstić information content (AvgIpc) is 2.78. The van der Waals surface area contributed by atoms with E-state index >= 15 is 0 Å². The van der Waals surface area contributed by atoms with Crippen molar-refractivity contribution >= 4 is 17.2 Å². The molecule has 3 rings (SSSR count). The van der Waals surface area contributed by atoms with Crippen LogP contribution in [-0.4, -0.2) is 10.9 Å². The molecule has 0 aliphatic rings. The van der Waals surface area contributed by atoms with Crippen LogP contribution in [0.5, 0.6) is 0 Å². The Labute approximate surface area is 103 Å². The number of carbonyl (C=O) groups excluding carboxylic acids is 1. The van der Waals surface area contributed by atoms with Crippen LogP contribution in [0.2, 0.25) is 0 Å². The normalized spacial score (nSPS) is 10.7. The third-order valence-corrected chi connectivity index (χ3v) is 2.94. The van der Waals surface area contributed by atoms with E-state index in [2.05, 4.69) is 0 Å². The van der Waals surface area contributed by atoms with Crippen LogP contribution >= 0.6 is 0 Å². The Kier molecular flexibility index (Phi) is 2.45. The molecule has 0 N–H and O–H groups in total. The Morgan fingerprint density at radius 1 is 1.00 bits per heavy atom. The maximum atomic E-state index is 12.9. The first kappa shape index (κ1) is 10.7. The number of para-hydroxylation sites is 1. The highest BCUT2D eigenvalue weighted by atomic mass is 19.1. The van der Waals surface area contributed by atoms with Crippen LogP contribution in [0, 0.1) is 5.82 Å². The standard InChI is InChI=1S/C15H10FNO/c16-12-5-7-13(8-6-12)17-14(10-18)9-11-3-1-2-4-15(11)17/h1-10H. The monoisotopic (exact) mass is 239 g/mol. The molecule has 3 aromatic rings. The van der Waals surface area contributed by atoms with E-state index in [4.69, 9.17) is 0 Å². The summed E-state index contributed by atoms with van der Waals surface area (Å²) in [6, 6.07) is 15.6. The van der Waals surface area contributed by atoms with Gasteiger partial charge in [-0.15, -0.1) is 0 Å². The molecule has 0 amide bonds. The Morgan fingerprint density at radius 3 is 2.44 bits per heavy atom. The summed E-state index contributed by atoms with van der Waals surface area (Å²) < 4.78 is 14.8. The number of carbonyl (C=O) groups is 1. The summed E-state index contributed by atoms with van der Waals surface area (Å²) in [7, 11) is 0. The number of hydrogen-bond donors (Lipinski definition) is 0. The molecule has 0 spiro atoms. The summed E-state index contributed by atoms with van der Waals surface area (Å²) in [5.74, 6) is -0.289. The van der Waals surface area contributed by atoms with Crippen LogP contribution < -0.4 is 0 Å². The lowest BCUT2D eigenvalue weighted by Crippen LogP contribution is -1.98. The van der Waals surface area contributed by atoms with Gasteiger partial charge in [-0.3, -0.25) is 4.79 Å². The van der Waals surface area contributed by atoms with E-state index in [0.717, 1.165) is 22.9 Å². The SMILES string of the molecule is O=Cc1cc2ccccc2n1-c1ccc(F)cc1. The van der Waals surface area contributed by atoms with Crippen molar-refractivity contribution in [3.8, 4) is 5.69 Å². The molecule has 3 heteroatoms. The van der Waals surface area contributed by atoms with Gasteiger partial charge in [0.1, 0.15) is 5.82 Å². The predicted octanol–water partition coefficient (Wildman–Crippen LogP) is 3.58. The van der Waals surface area contributed by atoms with Crippen LogP contribution in [-0.2, 0) is 0 Å². The zero-order valence-electron chi connectivity index (χ0n) is 9.51. The lowest BCUT2D eigenvalue weighted by Gasteiger charge is -2.07. The van der Waals surface area contributed by atoms with E-state index in [0.29, 0.717) is 5.69 Å². The first-order valence-electron chi connectivity index (χ1n) is 5.61. The molecule has 88 valence electrons. The predicted molar refractivity (Wildman–Crippen MR) is 68.6 cm³/mol. The zero-order chi connectivity index (χ0) is 12.5. The van der Waals surface area contributed by atoms with Gasteiger partial charge in [-0.1, -0.05) is 18.2 Å². The molecule has 1 aromatic heterocycles. The van der Waals surface area contributed by atoms with Crippen LogP contribution in [0.1, 0.15) is 10.5 Å².